The minimum atomic E-state index is -0.418. The Morgan fingerprint density at radius 2 is 1.94 bits per heavy atom. The Hall–Kier alpha value is -5.17. The number of aldehydes is 1. The van der Waals surface area contributed by atoms with Gasteiger partial charge < -0.3 is 10.1 Å². The van der Waals surface area contributed by atoms with Crippen molar-refractivity contribution in [1.82, 2.24) is 14.9 Å². The smallest absolute Gasteiger partial charge is 0.323 e. The molecule has 0 aliphatic carbocycles. The molecule has 1 aliphatic heterocycles. The van der Waals surface area contributed by atoms with Crippen LogP contribution in [0.1, 0.15) is 73.6 Å². The molecule has 1 N–H and O–H groups in total. The van der Waals surface area contributed by atoms with Gasteiger partial charge in [0.15, 0.2) is 6.29 Å². The number of nitrogens with zero attached hydrogens (tertiary/aromatic N) is 4. The highest BCUT2D eigenvalue weighted by Crippen LogP contribution is 2.33. The molecule has 0 bridgehead atoms. The van der Waals surface area contributed by atoms with E-state index in [1.54, 1.807) is 30.5 Å². The summed E-state index contributed by atoms with van der Waals surface area (Å²) in [7, 11) is 1.43. The molecule has 0 unspecified atom stereocenters. The predicted molar refractivity (Wildman–Crippen MR) is 182 cm³/mol. The molecule has 10 heteroatoms. The van der Waals surface area contributed by atoms with Crippen LogP contribution in [-0.4, -0.2) is 52.7 Å². The third-order valence-corrected chi connectivity index (χ3v) is 8.78. The van der Waals surface area contributed by atoms with E-state index in [0.29, 0.717) is 45.9 Å². The molecule has 3 heterocycles. The molecule has 0 saturated carbocycles. The fourth-order valence-corrected chi connectivity index (χ4v) is 6.07. The lowest BCUT2D eigenvalue weighted by Gasteiger charge is -2.34. The maximum absolute atomic E-state index is 12.9. The van der Waals surface area contributed by atoms with E-state index in [0.717, 1.165) is 53.6 Å². The van der Waals surface area contributed by atoms with Crippen LogP contribution in [0.2, 0.25) is 5.02 Å². The monoisotopic (exact) mass is 647 g/mol. The van der Waals surface area contributed by atoms with Crippen molar-refractivity contribution in [3.63, 3.8) is 0 Å². The quantitative estimate of drug-likeness (QED) is 0.151. The maximum atomic E-state index is 12.9. The fourth-order valence-electron chi connectivity index (χ4n) is 5.82. The van der Waals surface area contributed by atoms with Gasteiger partial charge in [-0.15, -0.1) is 0 Å². The third-order valence-electron chi connectivity index (χ3n) is 8.46. The average molecular weight is 648 g/mol. The fraction of sp³-hybridized carbons (Fsp3) is 0.243. The molecule has 0 radical (unpaired) electrons. The Morgan fingerprint density at radius 3 is 2.66 bits per heavy atom. The minimum Gasteiger partial charge on any atom is -0.468 e. The number of methoxy groups -OCH3 is 1. The van der Waals surface area contributed by atoms with Gasteiger partial charge in [0.25, 0.3) is 5.91 Å². The number of aromatic nitrogens is 2. The van der Waals surface area contributed by atoms with Crippen molar-refractivity contribution < 1.29 is 19.1 Å². The summed E-state index contributed by atoms with van der Waals surface area (Å²) in [5.41, 5.74) is 7.03. The second-order valence-corrected chi connectivity index (χ2v) is 11.8. The number of pyridine rings is 2. The van der Waals surface area contributed by atoms with Crippen molar-refractivity contribution in [2.75, 3.05) is 19.0 Å². The number of ether oxygens (including phenoxy) is 1. The number of carbonyl (C=O) groups excluding carboxylic acids is 3. The van der Waals surface area contributed by atoms with Crippen molar-refractivity contribution in [1.29, 1.82) is 5.26 Å². The van der Waals surface area contributed by atoms with Gasteiger partial charge in [0, 0.05) is 40.8 Å². The van der Waals surface area contributed by atoms with Crippen LogP contribution in [0.3, 0.4) is 0 Å². The molecule has 1 atom stereocenters. The number of hydrogen-bond acceptors (Lipinski definition) is 8. The van der Waals surface area contributed by atoms with Gasteiger partial charge in [-0.25, -0.2) is 0 Å². The molecule has 0 spiro atoms. The normalized spacial score (nSPS) is 14.8. The molecule has 1 amide bonds. The first-order valence-corrected chi connectivity index (χ1v) is 15.6. The highest BCUT2D eigenvalue weighted by molar-refractivity contribution is 6.32. The molecular weight excluding hydrogens is 614 g/mol. The number of likely N-dealkylation sites (tertiary alicyclic amines) is 1. The number of piperidine rings is 1. The number of carbonyl (C=O) groups is 3. The van der Waals surface area contributed by atoms with E-state index in [1.807, 2.05) is 38.1 Å². The van der Waals surface area contributed by atoms with E-state index in [9.17, 15) is 19.6 Å². The van der Waals surface area contributed by atoms with Gasteiger partial charge in [0.1, 0.15) is 17.8 Å². The zero-order valence-electron chi connectivity index (χ0n) is 26.4. The van der Waals surface area contributed by atoms with Crippen molar-refractivity contribution in [2.24, 2.45) is 0 Å². The van der Waals surface area contributed by atoms with Gasteiger partial charge in [0.05, 0.1) is 18.4 Å². The number of nitrogens with one attached hydrogen (secondary N) is 1. The highest BCUT2D eigenvalue weighted by Gasteiger charge is 2.29. The Kier molecular flexibility index (Phi) is 10.6. The summed E-state index contributed by atoms with van der Waals surface area (Å²) in [6.07, 6.45) is 10.1. The summed E-state index contributed by atoms with van der Waals surface area (Å²) in [5, 5.41) is 13.7. The molecular formula is C37H34ClN5O4. The van der Waals surface area contributed by atoms with E-state index in [4.69, 9.17) is 16.3 Å². The van der Waals surface area contributed by atoms with Crippen molar-refractivity contribution in [3.8, 4) is 17.2 Å². The standard InChI is InChI=1S/C37H34ClN5O4/c1-23-17-26(31(38)18-27(23)21-43-16-5-4-9-35(43)37(46)47-3)11-13-33-30(19-39)29(14-15-40-33)28-7-6-8-32(24(28)2)42-36(45)34-12-10-25(22-44)20-41-34/h6-8,10-15,17-18,20,22,35H,4-5,9,16,21H2,1-3H3,(H,42,45)/b13-11+/t35-/m0/s1. The molecule has 2 aromatic heterocycles. The molecule has 47 heavy (non-hydrogen) atoms. The number of rotatable bonds is 9. The predicted octanol–water partition coefficient (Wildman–Crippen LogP) is 7.05. The SMILES string of the molecule is COC(=O)[C@@H]1CCCCN1Cc1cc(Cl)c(/C=C/c2nccc(-c3cccc(NC(=O)c4ccc(C=O)cn4)c3C)c2C#N)cc1C. The molecule has 9 nitrogen and oxygen atoms in total. The maximum Gasteiger partial charge on any atom is 0.323 e. The lowest BCUT2D eigenvalue weighted by molar-refractivity contribution is -0.148. The van der Waals surface area contributed by atoms with Crippen molar-refractivity contribution in [3.05, 3.63) is 111 Å². The van der Waals surface area contributed by atoms with E-state index in [1.165, 1.54) is 25.4 Å². The number of halogens is 1. The summed E-state index contributed by atoms with van der Waals surface area (Å²) < 4.78 is 5.04. The first-order chi connectivity index (χ1) is 22.7. The molecule has 2 aromatic carbocycles. The highest BCUT2D eigenvalue weighted by atomic mass is 35.5. The van der Waals surface area contributed by atoms with Gasteiger partial charge in [-0.3, -0.25) is 29.3 Å². The van der Waals surface area contributed by atoms with Crippen molar-refractivity contribution in [2.45, 2.75) is 45.7 Å². The molecule has 1 saturated heterocycles. The third kappa shape index (κ3) is 7.46. The Balaban J connectivity index is 1.39. The molecule has 1 fully saturated rings. The molecule has 1 aliphatic rings. The van der Waals surface area contributed by atoms with Crippen LogP contribution in [-0.2, 0) is 16.1 Å². The number of esters is 1. The van der Waals surface area contributed by atoms with Gasteiger partial charge in [-0.1, -0.05) is 42.3 Å². The van der Waals surface area contributed by atoms with E-state index >= 15 is 0 Å². The Labute approximate surface area is 278 Å². The summed E-state index contributed by atoms with van der Waals surface area (Å²) in [4.78, 5) is 46.9. The van der Waals surface area contributed by atoms with Crippen LogP contribution >= 0.6 is 11.6 Å². The summed E-state index contributed by atoms with van der Waals surface area (Å²) >= 11 is 6.75. The average Bonchev–Trinajstić information content (AvgIpc) is 3.09. The zero-order valence-corrected chi connectivity index (χ0v) is 27.2. The summed E-state index contributed by atoms with van der Waals surface area (Å²) in [6, 6.07) is 16.2. The number of hydrogen-bond donors (Lipinski definition) is 1. The molecule has 5 rings (SSSR count). The topological polar surface area (TPSA) is 125 Å². The van der Waals surface area contributed by atoms with E-state index < -0.39 is 5.91 Å². The summed E-state index contributed by atoms with van der Waals surface area (Å²) in [5.74, 6) is -0.624. The number of amides is 1. The van der Waals surface area contributed by atoms with Crippen LogP contribution in [0.15, 0.2) is 60.9 Å². The number of aryl methyl sites for hydroxylation is 1. The Bertz CT molecular complexity index is 1900. The number of anilines is 1. The second-order valence-electron chi connectivity index (χ2n) is 11.4. The first-order valence-electron chi connectivity index (χ1n) is 15.2. The molecule has 4 aromatic rings. The van der Waals surface area contributed by atoms with Gasteiger partial charge in [-0.2, -0.15) is 5.26 Å². The Morgan fingerprint density at radius 1 is 1.11 bits per heavy atom. The number of benzene rings is 2. The zero-order chi connectivity index (χ0) is 33.5. The lowest BCUT2D eigenvalue weighted by Crippen LogP contribution is -2.44. The van der Waals surface area contributed by atoms with Crippen LogP contribution in [0.4, 0.5) is 5.69 Å². The number of nitriles is 1. The van der Waals surface area contributed by atoms with Gasteiger partial charge in [0.2, 0.25) is 0 Å². The van der Waals surface area contributed by atoms with Gasteiger partial charge >= 0.3 is 5.97 Å². The van der Waals surface area contributed by atoms with Crippen LogP contribution in [0, 0.1) is 25.2 Å². The van der Waals surface area contributed by atoms with E-state index in [2.05, 4.69) is 26.3 Å². The van der Waals surface area contributed by atoms with E-state index in [-0.39, 0.29) is 17.7 Å². The first kappa shape index (κ1) is 33.2. The lowest BCUT2D eigenvalue weighted by atomic mass is 9.94. The second kappa shape index (κ2) is 14.9. The summed E-state index contributed by atoms with van der Waals surface area (Å²) in [6.45, 7) is 5.30. The minimum absolute atomic E-state index is 0.174. The van der Waals surface area contributed by atoms with Crippen molar-refractivity contribution >= 4 is 47.6 Å². The van der Waals surface area contributed by atoms with Gasteiger partial charge in [-0.05, 0) is 97.5 Å². The van der Waals surface area contributed by atoms with Crippen LogP contribution in [0.25, 0.3) is 23.3 Å². The van der Waals surface area contributed by atoms with Crippen LogP contribution in [0.5, 0.6) is 0 Å². The molecule has 238 valence electrons. The van der Waals surface area contributed by atoms with Crippen LogP contribution < -0.4 is 5.32 Å². The largest absolute Gasteiger partial charge is 0.468 e.